The molecule has 1 atom stereocenters. The lowest BCUT2D eigenvalue weighted by Crippen LogP contribution is -2.23. The molecule has 1 saturated carbocycles. The standard InChI is InChI=1S/C22H22N2O2S/c1-2-4-15(5-3-1)18-14-27-21(24-18)13-23-22(16-6-7-16)17-8-9-19-20(12-17)26-11-10-25-19/h1-5,8-9,12,14,16,22-23H,6-7,10-11,13H2. The van der Waals surface area contributed by atoms with Crippen molar-refractivity contribution in [3.05, 3.63) is 64.5 Å². The van der Waals surface area contributed by atoms with Gasteiger partial charge in [-0.15, -0.1) is 11.3 Å². The van der Waals surface area contributed by atoms with Crippen molar-refractivity contribution in [1.82, 2.24) is 10.3 Å². The van der Waals surface area contributed by atoms with Gasteiger partial charge in [0.2, 0.25) is 0 Å². The second-order valence-electron chi connectivity index (χ2n) is 7.09. The molecule has 27 heavy (non-hydrogen) atoms. The first-order valence-corrected chi connectivity index (χ1v) is 10.4. The van der Waals surface area contributed by atoms with Crippen LogP contribution < -0.4 is 14.8 Å². The second kappa shape index (κ2) is 7.33. The molecular formula is C22H22N2O2S. The number of fused-ring (bicyclic) bond motifs is 1. The Hall–Kier alpha value is -2.37. The quantitative estimate of drug-likeness (QED) is 0.668. The molecule has 2 heterocycles. The van der Waals surface area contributed by atoms with Gasteiger partial charge in [0.15, 0.2) is 11.5 Å². The third-order valence-electron chi connectivity index (χ3n) is 5.11. The Morgan fingerprint density at radius 1 is 1.04 bits per heavy atom. The number of thiazole rings is 1. The molecule has 1 fully saturated rings. The van der Waals surface area contributed by atoms with E-state index in [0.717, 1.165) is 28.7 Å². The van der Waals surface area contributed by atoms with Gasteiger partial charge in [-0.25, -0.2) is 4.98 Å². The number of ether oxygens (including phenoxy) is 2. The van der Waals surface area contributed by atoms with Gasteiger partial charge in [-0.2, -0.15) is 0 Å². The van der Waals surface area contributed by atoms with Gasteiger partial charge in [-0.05, 0) is 36.5 Å². The molecule has 1 N–H and O–H groups in total. The molecule has 138 valence electrons. The Morgan fingerprint density at radius 3 is 2.67 bits per heavy atom. The van der Waals surface area contributed by atoms with Gasteiger partial charge >= 0.3 is 0 Å². The van der Waals surface area contributed by atoms with E-state index in [1.807, 2.05) is 12.1 Å². The first-order chi connectivity index (χ1) is 13.4. The third-order valence-corrected chi connectivity index (χ3v) is 5.96. The van der Waals surface area contributed by atoms with Crippen molar-refractivity contribution in [2.75, 3.05) is 13.2 Å². The maximum Gasteiger partial charge on any atom is 0.161 e. The average Bonchev–Trinajstić information content (AvgIpc) is 3.45. The zero-order valence-corrected chi connectivity index (χ0v) is 15.9. The fourth-order valence-corrected chi connectivity index (χ4v) is 4.32. The maximum absolute atomic E-state index is 5.77. The van der Waals surface area contributed by atoms with E-state index in [1.54, 1.807) is 11.3 Å². The van der Waals surface area contributed by atoms with Crippen molar-refractivity contribution in [3.63, 3.8) is 0 Å². The lowest BCUT2D eigenvalue weighted by atomic mass is 10.0. The zero-order valence-electron chi connectivity index (χ0n) is 15.1. The van der Waals surface area contributed by atoms with Crippen molar-refractivity contribution < 1.29 is 9.47 Å². The van der Waals surface area contributed by atoms with E-state index in [1.165, 1.54) is 24.0 Å². The fraction of sp³-hybridized carbons (Fsp3) is 0.318. The summed E-state index contributed by atoms with van der Waals surface area (Å²) in [5, 5.41) is 7.00. The monoisotopic (exact) mass is 378 g/mol. The van der Waals surface area contributed by atoms with E-state index >= 15 is 0 Å². The van der Waals surface area contributed by atoms with Gasteiger partial charge in [0.05, 0.1) is 5.69 Å². The molecule has 5 rings (SSSR count). The SMILES string of the molecule is c1ccc(-c2csc(CNC(c3ccc4c(c3)OCCO4)C3CC3)n2)cc1. The summed E-state index contributed by atoms with van der Waals surface area (Å²) < 4.78 is 11.4. The summed E-state index contributed by atoms with van der Waals surface area (Å²) in [6.07, 6.45) is 2.55. The zero-order chi connectivity index (χ0) is 18.1. The van der Waals surface area contributed by atoms with Crippen LogP contribution in [0.15, 0.2) is 53.9 Å². The first kappa shape index (κ1) is 16.8. The Labute approximate surface area is 163 Å². The molecule has 1 unspecified atom stereocenters. The highest BCUT2D eigenvalue weighted by molar-refractivity contribution is 7.09. The molecule has 5 heteroatoms. The van der Waals surface area contributed by atoms with Crippen molar-refractivity contribution in [2.24, 2.45) is 5.92 Å². The van der Waals surface area contributed by atoms with E-state index in [9.17, 15) is 0 Å². The van der Waals surface area contributed by atoms with Crippen LogP contribution in [0.25, 0.3) is 11.3 Å². The minimum absolute atomic E-state index is 0.338. The van der Waals surface area contributed by atoms with Gasteiger partial charge < -0.3 is 14.8 Å². The molecule has 0 bridgehead atoms. The van der Waals surface area contributed by atoms with E-state index in [0.29, 0.717) is 25.2 Å². The van der Waals surface area contributed by atoms with Crippen LogP contribution in [-0.4, -0.2) is 18.2 Å². The van der Waals surface area contributed by atoms with Crippen LogP contribution in [0, 0.1) is 5.92 Å². The summed E-state index contributed by atoms with van der Waals surface area (Å²) in [6, 6.07) is 17.0. The Bertz CT molecular complexity index is 921. The Morgan fingerprint density at radius 2 is 1.85 bits per heavy atom. The topological polar surface area (TPSA) is 43.4 Å². The molecule has 0 saturated heterocycles. The Balaban J connectivity index is 1.31. The number of hydrogen-bond acceptors (Lipinski definition) is 5. The minimum atomic E-state index is 0.338. The summed E-state index contributed by atoms with van der Waals surface area (Å²) in [5.74, 6) is 2.42. The molecule has 0 radical (unpaired) electrons. The van der Waals surface area contributed by atoms with Crippen molar-refractivity contribution >= 4 is 11.3 Å². The van der Waals surface area contributed by atoms with E-state index in [2.05, 4.69) is 47.1 Å². The van der Waals surface area contributed by atoms with Crippen LogP contribution >= 0.6 is 11.3 Å². The predicted octanol–water partition coefficient (Wildman–Crippen LogP) is 4.82. The van der Waals surface area contributed by atoms with Gasteiger partial charge in [-0.1, -0.05) is 36.4 Å². The molecule has 1 aliphatic heterocycles. The van der Waals surface area contributed by atoms with Gasteiger partial charge in [0, 0.05) is 23.5 Å². The normalized spacial score (nSPS) is 16.9. The molecule has 3 aromatic rings. The molecule has 2 aromatic carbocycles. The molecule has 0 spiro atoms. The minimum Gasteiger partial charge on any atom is -0.486 e. The Kier molecular flexibility index (Phi) is 4.56. The summed E-state index contributed by atoms with van der Waals surface area (Å²) in [5.41, 5.74) is 3.51. The van der Waals surface area contributed by atoms with Crippen LogP contribution in [0.5, 0.6) is 11.5 Å². The van der Waals surface area contributed by atoms with E-state index in [-0.39, 0.29) is 0 Å². The molecular weight excluding hydrogens is 356 g/mol. The molecule has 4 nitrogen and oxygen atoms in total. The van der Waals surface area contributed by atoms with Crippen LogP contribution in [0.3, 0.4) is 0 Å². The van der Waals surface area contributed by atoms with Crippen molar-refractivity contribution in [1.29, 1.82) is 0 Å². The fourth-order valence-electron chi connectivity index (χ4n) is 3.57. The average molecular weight is 378 g/mol. The first-order valence-electron chi connectivity index (χ1n) is 9.49. The molecule has 1 aliphatic carbocycles. The summed E-state index contributed by atoms with van der Waals surface area (Å²) in [7, 11) is 0. The summed E-state index contributed by atoms with van der Waals surface area (Å²) in [4.78, 5) is 4.81. The highest BCUT2D eigenvalue weighted by Crippen LogP contribution is 2.43. The van der Waals surface area contributed by atoms with Gasteiger partial charge in [0.1, 0.15) is 18.2 Å². The van der Waals surface area contributed by atoms with Crippen molar-refractivity contribution in [2.45, 2.75) is 25.4 Å². The van der Waals surface area contributed by atoms with Crippen LogP contribution in [0.2, 0.25) is 0 Å². The largest absolute Gasteiger partial charge is 0.486 e. The van der Waals surface area contributed by atoms with Gasteiger partial charge in [0.25, 0.3) is 0 Å². The van der Waals surface area contributed by atoms with E-state index in [4.69, 9.17) is 14.5 Å². The predicted molar refractivity (Wildman–Crippen MR) is 107 cm³/mol. The van der Waals surface area contributed by atoms with Crippen LogP contribution in [0.1, 0.15) is 29.5 Å². The molecule has 2 aliphatic rings. The lowest BCUT2D eigenvalue weighted by molar-refractivity contribution is 0.171. The maximum atomic E-state index is 5.77. The molecule has 0 amide bonds. The number of nitrogens with zero attached hydrogens (tertiary/aromatic N) is 1. The number of hydrogen-bond donors (Lipinski definition) is 1. The highest BCUT2D eigenvalue weighted by atomic mass is 32.1. The summed E-state index contributed by atoms with van der Waals surface area (Å²) in [6.45, 7) is 2.04. The lowest BCUT2D eigenvalue weighted by Gasteiger charge is -2.22. The number of nitrogens with one attached hydrogen (secondary N) is 1. The molecule has 1 aromatic heterocycles. The van der Waals surface area contributed by atoms with Crippen LogP contribution in [-0.2, 0) is 6.54 Å². The second-order valence-corrected chi connectivity index (χ2v) is 8.03. The van der Waals surface area contributed by atoms with Crippen molar-refractivity contribution in [3.8, 4) is 22.8 Å². The smallest absolute Gasteiger partial charge is 0.161 e. The third kappa shape index (κ3) is 3.70. The van der Waals surface area contributed by atoms with Gasteiger partial charge in [-0.3, -0.25) is 0 Å². The van der Waals surface area contributed by atoms with Crippen LogP contribution in [0.4, 0.5) is 0 Å². The highest BCUT2D eigenvalue weighted by Gasteiger charge is 2.32. The summed E-state index contributed by atoms with van der Waals surface area (Å²) >= 11 is 1.72. The van der Waals surface area contributed by atoms with E-state index < -0.39 is 0 Å². The number of benzene rings is 2. The number of rotatable bonds is 6. The number of aromatic nitrogens is 1.